The van der Waals surface area contributed by atoms with Gasteiger partial charge in [0.25, 0.3) is 5.69 Å². The molecule has 1 aromatic heterocycles. The summed E-state index contributed by atoms with van der Waals surface area (Å²) in [7, 11) is 0. The maximum Gasteiger partial charge on any atom is 0.271 e. The fourth-order valence-corrected chi connectivity index (χ4v) is 2.44. The highest BCUT2D eigenvalue weighted by molar-refractivity contribution is 7.10. The van der Waals surface area contributed by atoms with Crippen LogP contribution in [0.3, 0.4) is 0 Å². The van der Waals surface area contributed by atoms with E-state index >= 15 is 0 Å². The number of hydrogen-bond acceptors (Lipinski definition) is 6. The number of halogens is 1. The van der Waals surface area contributed by atoms with Crippen molar-refractivity contribution in [1.29, 1.82) is 5.26 Å². The number of nitro benzene ring substituents is 1. The molecule has 2 aromatic rings. The number of nitrogens with one attached hydrogen (secondary N) is 1. The average molecular weight is 321 g/mol. The Labute approximate surface area is 129 Å². The number of anilines is 1. The van der Waals surface area contributed by atoms with Gasteiger partial charge < -0.3 is 5.32 Å². The van der Waals surface area contributed by atoms with Gasteiger partial charge in [-0.1, -0.05) is 11.6 Å². The van der Waals surface area contributed by atoms with Crippen molar-refractivity contribution < 1.29 is 4.92 Å². The minimum absolute atomic E-state index is 0.0844. The molecule has 8 heteroatoms. The molecule has 0 fully saturated rings. The van der Waals surface area contributed by atoms with Crippen molar-refractivity contribution in [1.82, 2.24) is 4.98 Å². The number of aromatic nitrogens is 1. The number of rotatable bonds is 4. The zero-order chi connectivity index (χ0) is 15.4. The van der Waals surface area contributed by atoms with Crippen LogP contribution in [0.25, 0.3) is 5.57 Å². The van der Waals surface area contributed by atoms with Crippen LogP contribution in [0.4, 0.5) is 11.4 Å². The van der Waals surface area contributed by atoms with Crippen LogP contribution < -0.4 is 5.32 Å². The molecular weight excluding hydrogens is 312 g/mol. The fraction of sp³-hybridized carbons (Fsp3) is 0.0769. The minimum atomic E-state index is -0.513. The zero-order valence-corrected chi connectivity index (χ0v) is 12.4. The predicted molar refractivity (Wildman–Crippen MR) is 82.2 cm³/mol. The van der Waals surface area contributed by atoms with Crippen LogP contribution in [-0.2, 0) is 0 Å². The second-order valence-electron chi connectivity index (χ2n) is 4.03. The Morgan fingerprint density at radius 2 is 2.38 bits per heavy atom. The first kappa shape index (κ1) is 15.0. The van der Waals surface area contributed by atoms with Gasteiger partial charge in [0, 0.05) is 29.4 Å². The van der Waals surface area contributed by atoms with Gasteiger partial charge in [0.1, 0.15) is 16.6 Å². The summed E-state index contributed by atoms with van der Waals surface area (Å²) in [5.74, 6) is 0. The molecule has 0 amide bonds. The van der Waals surface area contributed by atoms with E-state index < -0.39 is 4.92 Å². The standard InChI is InChI=1S/C13H9ClN4O2S/c1-8-7-21-13(17-8)9(5-15)6-16-12-4-10(18(19)20)2-3-11(12)14/h2-4,6-7,16H,1H3/b9-6+. The number of benzene rings is 1. The third-order valence-electron chi connectivity index (χ3n) is 2.50. The molecule has 1 heterocycles. The third-order valence-corrected chi connectivity index (χ3v) is 3.83. The quantitative estimate of drug-likeness (QED) is 0.522. The van der Waals surface area contributed by atoms with E-state index in [9.17, 15) is 10.1 Å². The number of non-ortho nitro benzene ring substituents is 1. The van der Waals surface area contributed by atoms with Gasteiger partial charge in [-0.3, -0.25) is 10.1 Å². The van der Waals surface area contributed by atoms with Crippen LogP contribution in [0.1, 0.15) is 10.7 Å². The van der Waals surface area contributed by atoms with Crippen molar-refractivity contribution >= 4 is 39.9 Å². The van der Waals surface area contributed by atoms with Crippen LogP contribution in [0, 0.1) is 28.4 Å². The molecule has 0 saturated heterocycles. The number of aryl methyl sites for hydroxylation is 1. The van der Waals surface area contributed by atoms with Crippen LogP contribution in [0.15, 0.2) is 29.8 Å². The topological polar surface area (TPSA) is 91.8 Å². The van der Waals surface area contributed by atoms with E-state index in [0.717, 1.165) is 5.69 Å². The summed E-state index contributed by atoms with van der Waals surface area (Å²) < 4.78 is 0. The molecule has 0 bridgehead atoms. The summed E-state index contributed by atoms with van der Waals surface area (Å²) in [4.78, 5) is 14.4. The number of thiazole rings is 1. The molecule has 2 rings (SSSR count). The maximum atomic E-state index is 10.7. The van der Waals surface area contributed by atoms with Gasteiger partial charge in [-0.05, 0) is 13.0 Å². The smallest absolute Gasteiger partial charge is 0.271 e. The van der Waals surface area contributed by atoms with Gasteiger partial charge in [-0.2, -0.15) is 5.26 Å². The molecule has 0 saturated carbocycles. The van der Waals surface area contributed by atoms with Gasteiger partial charge in [-0.15, -0.1) is 11.3 Å². The lowest BCUT2D eigenvalue weighted by molar-refractivity contribution is -0.384. The highest BCUT2D eigenvalue weighted by Crippen LogP contribution is 2.27. The Morgan fingerprint density at radius 1 is 1.62 bits per heavy atom. The molecule has 0 spiro atoms. The van der Waals surface area contributed by atoms with E-state index in [1.54, 1.807) is 0 Å². The van der Waals surface area contributed by atoms with E-state index in [1.807, 2.05) is 18.4 Å². The molecule has 1 N–H and O–H groups in total. The molecular formula is C13H9ClN4O2S. The number of nitrogens with zero attached hydrogens (tertiary/aromatic N) is 3. The first-order chi connectivity index (χ1) is 10.0. The molecule has 6 nitrogen and oxygen atoms in total. The summed E-state index contributed by atoms with van der Waals surface area (Å²) in [6.07, 6.45) is 1.43. The Bertz CT molecular complexity index is 764. The Kier molecular flexibility index (Phi) is 4.52. The number of nitriles is 1. The predicted octanol–water partition coefficient (Wildman–Crippen LogP) is 3.99. The second kappa shape index (κ2) is 6.35. The summed E-state index contributed by atoms with van der Waals surface area (Å²) in [6.45, 7) is 1.83. The lowest BCUT2D eigenvalue weighted by Crippen LogP contribution is -1.94. The minimum Gasteiger partial charge on any atom is -0.359 e. The summed E-state index contributed by atoms with van der Waals surface area (Å²) in [5, 5.41) is 25.4. The second-order valence-corrected chi connectivity index (χ2v) is 5.29. The van der Waals surface area contributed by atoms with Crippen LogP contribution in [0.2, 0.25) is 5.02 Å². The normalized spacial score (nSPS) is 11.0. The Balaban J connectivity index is 2.29. The number of hydrogen-bond donors (Lipinski definition) is 1. The van der Waals surface area contributed by atoms with Gasteiger partial charge >= 0.3 is 0 Å². The molecule has 0 radical (unpaired) electrons. The maximum absolute atomic E-state index is 10.7. The van der Waals surface area contributed by atoms with Crippen LogP contribution >= 0.6 is 22.9 Å². The first-order valence-corrected chi connectivity index (χ1v) is 7.00. The number of nitro groups is 1. The Morgan fingerprint density at radius 3 is 2.95 bits per heavy atom. The highest BCUT2D eigenvalue weighted by atomic mass is 35.5. The molecule has 0 aliphatic heterocycles. The molecule has 1 aromatic carbocycles. The van der Waals surface area contributed by atoms with Gasteiger partial charge in [0.05, 0.1) is 15.6 Å². The van der Waals surface area contributed by atoms with Gasteiger partial charge in [0.15, 0.2) is 0 Å². The van der Waals surface area contributed by atoms with E-state index in [-0.39, 0.29) is 5.69 Å². The summed E-state index contributed by atoms with van der Waals surface area (Å²) in [5.41, 5.74) is 1.42. The number of allylic oxidation sites excluding steroid dienone is 1. The fourth-order valence-electron chi connectivity index (χ4n) is 1.51. The van der Waals surface area contributed by atoms with E-state index in [1.165, 1.54) is 35.7 Å². The molecule has 106 valence electrons. The molecule has 21 heavy (non-hydrogen) atoms. The van der Waals surface area contributed by atoms with Gasteiger partial charge in [0.2, 0.25) is 0 Å². The van der Waals surface area contributed by atoms with Crippen molar-refractivity contribution in [2.75, 3.05) is 5.32 Å². The highest BCUT2D eigenvalue weighted by Gasteiger charge is 2.10. The van der Waals surface area contributed by atoms with E-state index in [0.29, 0.717) is 21.3 Å². The molecule has 0 unspecified atom stereocenters. The zero-order valence-electron chi connectivity index (χ0n) is 10.8. The molecule has 0 aliphatic carbocycles. The summed E-state index contributed by atoms with van der Waals surface area (Å²) >= 11 is 7.31. The monoisotopic (exact) mass is 320 g/mol. The van der Waals surface area contributed by atoms with E-state index in [2.05, 4.69) is 10.3 Å². The van der Waals surface area contributed by atoms with Gasteiger partial charge in [-0.25, -0.2) is 4.98 Å². The van der Waals surface area contributed by atoms with Crippen molar-refractivity contribution in [3.8, 4) is 6.07 Å². The van der Waals surface area contributed by atoms with E-state index in [4.69, 9.17) is 16.9 Å². The van der Waals surface area contributed by atoms with Crippen molar-refractivity contribution in [2.24, 2.45) is 0 Å². The van der Waals surface area contributed by atoms with Crippen molar-refractivity contribution in [3.05, 3.63) is 55.6 Å². The average Bonchev–Trinajstić information content (AvgIpc) is 2.87. The lowest BCUT2D eigenvalue weighted by atomic mass is 10.2. The SMILES string of the molecule is Cc1csc(/C(C#N)=C/Nc2cc([N+](=O)[O-])ccc2Cl)n1. The van der Waals surface area contributed by atoms with Crippen molar-refractivity contribution in [3.63, 3.8) is 0 Å². The lowest BCUT2D eigenvalue weighted by Gasteiger charge is -2.04. The third kappa shape index (κ3) is 3.56. The van der Waals surface area contributed by atoms with Crippen LogP contribution in [-0.4, -0.2) is 9.91 Å². The first-order valence-electron chi connectivity index (χ1n) is 5.74. The molecule has 0 atom stereocenters. The summed E-state index contributed by atoms with van der Waals surface area (Å²) in [6, 6.07) is 6.07. The molecule has 0 aliphatic rings. The van der Waals surface area contributed by atoms with Crippen molar-refractivity contribution in [2.45, 2.75) is 6.92 Å². The largest absolute Gasteiger partial charge is 0.359 e. The van der Waals surface area contributed by atoms with Crippen LogP contribution in [0.5, 0.6) is 0 Å². The Hall–Kier alpha value is -2.43.